The first kappa shape index (κ1) is 12.6. The minimum Gasteiger partial charge on any atom is -0.379 e. The number of rotatable bonds is 3. The Kier molecular flexibility index (Phi) is 4.20. The lowest BCUT2D eigenvalue weighted by atomic mass is 10.2. The number of pyridine rings is 1. The first-order valence-electron chi connectivity index (χ1n) is 5.85. The highest BCUT2D eigenvalue weighted by molar-refractivity contribution is 6.31. The number of nitrogens with zero attached hydrogens (tertiary/aromatic N) is 2. The van der Waals surface area contributed by atoms with Crippen molar-refractivity contribution in [3.8, 4) is 0 Å². The van der Waals surface area contributed by atoms with E-state index in [9.17, 15) is 0 Å². The van der Waals surface area contributed by atoms with Crippen molar-refractivity contribution in [2.75, 3.05) is 32.1 Å². The summed E-state index contributed by atoms with van der Waals surface area (Å²) in [5.74, 6) is 0.852. The first-order chi connectivity index (χ1) is 8.20. The van der Waals surface area contributed by atoms with E-state index >= 15 is 0 Å². The van der Waals surface area contributed by atoms with Gasteiger partial charge in [0.05, 0.1) is 23.9 Å². The molecule has 1 aromatic rings. The van der Waals surface area contributed by atoms with Crippen molar-refractivity contribution in [3.63, 3.8) is 0 Å². The van der Waals surface area contributed by atoms with Crippen molar-refractivity contribution < 1.29 is 4.74 Å². The smallest absolute Gasteiger partial charge is 0.126 e. The van der Waals surface area contributed by atoms with Crippen LogP contribution in [0.4, 0.5) is 5.82 Å². The summed E-state index contributed by atoms with van der Waals surface area (Å²) in [6.45, 7) is 5.44. The van der Waals surface area contributed by atoms with Gasteiger partial charge in [-0.05, 0) is 19.1 Å². The highest BCUT2D eigenvalue weighted by Crippen LogP contribution is 2.20. The molecule has 1 N–H and O–H groups in total. The van der Waals surface area contributed by atoms with Gasteiger partial charge in [-0.25, -0.2) is 4.98 Å². The highest BCUT2D eigenvalue weighted by atomic mass is 35.5. The molecule has 2 rings (SSSR count). The first-order valence-corrected chi connectivity index (χ1v) is 6.23. The molecule has 94 valence electrons. The lowest BCUT2D eigenvalue weighted by Crippen LogP contribution is -2.43. The monoisotopic (exact) mass is 255 g/mol. The van der Waals surface area contributed by atoms with E-state index in [-0.39, 0.29) is 0 Å². The van der Waals surface area contributed by atoms with Gasteiger partial charge in [0.25, 0.3) is 0 Å². The Labute approximate surface area is 107 Å². The standard InChI is InChI=1S/C12H18ClN3O/c1-9-8-17-6-5-16(9)7-11-10(13)3-4-12(14-2)15-11/h3-4,9H,5-8H2,1-2H3,(H,14,15). The topological polar surface area (TPSA) is 37.4 Å². The summed E-state index contributed by atoms with van der Waals surface area (Å²) in [7, 11) is 1.86. The molecule has 1 unspecified atom stereocenters. The Bertz CT molecular complexity index is 386. The van der Waals surface area contributed by atoms with Gasteiger partial charge in [-0.2, -0.15) is 0 Å². The van der Waals surface area contributed by atoms with Gasteiger partial charge in [-0.1, -0.05) is 11.6 Å². The minimum atomic E-state index is 0.417. The third-order valence-electron chi connectivity index (χ3n) is 3.03. The Morgan fingerprint density at radius 2 is 2.41 bits per heavy atom. The number of hydrogen-bond donors (Lipinski definition) is 1. The van der Waals surface area contributed by atoms with Crippen molar-refractivity contribution in [1.29, 1.82) is 0 Å². The molecule has 4 nitrogen and oxygen atoms in total. The van der Waals surface area contributed by atoms with Crippen LogP contribution < -0.4 is 5.32 Å². The van der Waals surface area contributed by atoms with Crippen LogP contribution in [0.5, 0.6) is 0 Å². The molecule has 0 amide bonds. The van der Waals surface area contributed by atoms with Gasteiger partial charge >= 0.3 is 0 Å². The maximum absolute atomic E-state index is 6.17. The minimum absolute atomic E-state index is 0.417. The molecule has 1 saturated heterocycles. The Morgan fingerprint density at radius 1 is 1.59 bits per heavy atom. The zero-order chi connectivity index (χ0) is 12.3. The van der Waals surface area contributed by atoms with Gasteiger partial charge in [-0.15, -0.1) is 0 Å². The number of morpholine rings is 1. The molecule has 17 heavy (non-hydrogen) atoms. The third-order valence-corrected chi connectivity index (χ3v) is 3.38. The van der Waals surface area contributed by atoms with E-state index in [0.29, 0.717) is 6.04 Å². The van der Waals surface area contributed by atoms with Gasteiger partial charge in [-0.3, -0.25) is 4.90 Å². The second-order valence-corrected chi connectivity index (χ2v) is 4.68. The molecule has 0 radical (unpaired) electrons. The van der Waals surface area contributed by atoms with E-state index in [0.717, 1.165) is 42.8 Å². The molecule has 2 heterocycles. The third kappa shape index (κ3) is 3.09. The zero-order valence-corrected chi connectivity index (χ0v) is 11.0. The van der Waals surface area contributed by atoms with E-state index in [1.165, 1.54) is 0 Å². The molecule has 0 bridgehead atoms. The predicted molar refractivity (Wildman–Crippen MR) is 69.5 cm³/mol. The van der Waals surface area contributed by atoms with E-state index in [1.807, 2.05) is 19.2 Å². The summed E-state index contributed by atoms with van der Waals surface area (Å²) in [5.41, 5.74) is 0.923. The molecule has 0 saturated carbocycles. The van der Waals surface area contributed by atoms with Crippen molar-refractivity contribution in [2.24, 2.45) is 0 Å². The summed E-state index contributed by atoms with van der Waals surface area (Å²) >= 11 is 6.17. The molecule has 0 spiro atoms. The fourth-order valence-electron chi connectivity index (χ4n) is 1.92. The largest absolute Gasteiger partial charge is 0.379 e. The Morgan fingerprint density at radius 3 is 3.12 bits per heavy atom. The van der Waals surface area contributed by atoms with Gasteiger partial charge in [0.2, 0.25) is 0 Å². The highest BCUT2D eigenvalue weighted by Gasteiger charge is 2.20. The number of anilines is 1. The van der Waals surface area contributed by atoms with E-state index < -0.39 is 0 Å². The number of hydrogen-bond acceptors (Lipinski definition) is 4. The van der Waals surface area contributed by atoms with Gasteiger partial charge in [0.15, 0.2) is 0 Å². The van der Waals surface area contributed by atoms with Crippen LogP contribution in [0.1, 0.15) is 12.6 Å². The van der Waals surface area contributed by atoms with Gasteiger partial charge in [0.1, 0.15) is 5.82 Å². The average molecular weight is 256 g/mol. The number of nitrogens with one attached hydrogen (secondary N) is 1. The molecule has 1 aliphatic heterocycles. The SMILES string of the molecule is CNc1ccc(Cl)c(CN2CCOCC2C)n1. The van der Waals surface area contributed by atoms with E-state index in [4.69, 9.17) is 16.3 Å². The molecule has 0 aliphatic carbocycles. The van der Waals surface area contributed by atoms with Crippen LogP contribution in [-0.4, -0.2) is 42.7 Å². The van der Waals surface area contributed by atoms with Crippen LogP contribution in [0.25, 0.3) is 0 Å². The maximum atomic E-state index is 6.17. The maximum Gasteiger partial charge on any atom is 0.126 e. The molecule has 1 aromatic heterocycles. The van der Waals surface area contributed by atoms with Crippen LogP contribution >= 0.6 is 11.6 Å². The normalized spacial score (nSPS) is 21.5. The molecule has 1 aliphatic rings. The Balaban J connectivity index is 2.11. The van der Waals surface area contributed by atoms with Crippen molar-refractivity contribution >= 4 is 17.4 Å². The lowest BCUT2D eigenvalue weighted by molar-refractivity contribution is -0.00487. The Hall–Kier alpha value is -0.840. The van der Waals surface area contributed by atoms with Crippen molar-refractivity contribution in [2.45, 2.75) is 19.5 Å². The van der Waals surface area contributed by atoms with E-state index in [1.54, 1.807) is 0 Å². The zero-order valence-electron chi connectivity index (χ0n) is 10.2. The molecule has 1 atom stereocenters. The molecule has 5 heteroatoms. The van der Waals surface area contributed by atoms with Crippen LogP contribution in [0.15, 0.2) is 12.1 Å². The fraction of sp³-hybridized carbons (Fsp3) is 0.583. The van der Waals surface area contributed by atoms with Crippen molar-refractivity contribution in [3.05, 3.63) is 22.8 Å². The predicted octanol–water partition coefficient (Wildman–Crippen LogP) is 2.00. The van der Waals surface area contributed by atoms with Crippen LogP contribution in [-0.2, 0) is 11.3 Å². The van der Waals surface area contributed by atoms with Gasteiger partial charge < -0.3 is 10.1 Å². The quantitative estimate of drug-likeness (QED) is 0.897. The number of aromatic nitrogens is 1. The van der Waals surface area contributed by atoms with Gasteiger partial charge in [0, 0.05) is 26.2 Å². The summed E-state index contributed by atoms with van der Waals surface area (Å²) in [4.78, 5) is 6.84. The van der Waals surface area contributed by atoms with Crippen LogP contribution in [0.2, 0.25) is 5.02 Å². The number of ether oxygens (including phenoxy) is 1. The fourth-order valence-corrected chi connectivity index (χ4v) is 2.09. The summed E-state index contributed by atoms with van der Waals surface area (Å²) in [6.07, 6.45) is 0. The van der Waals surface area contributed by atoms with Crippen LogP contribution in [0.3, 0.4) is 0 Å². The lowest BCUT2D eigenvalue weighted by Gasteiger charge is -2.33. The summed E-state index contributed by atoms with van der Waals surface area (Å²) in [5, 5.41) is 3.75. The number of halogens is 1. The van der Waals surface area contributed by atoms with E-state index in [2.05, 4.69) is 22.1 Å². The molecular formula is C12H18ClN3O. The molecular weight excluding hydrogens is 238 g/mol. The second-order valence-electron chi connectivity index (χ2n) is 4.27. The van der Waals surface area contributed by atoms with Crippen molar-refractivity contribution in [1.82, 2.24) is 9.88 Å². The molecule has 1 fully saturated rings. The average Bonchev–Trinajstić information content (AvgIpc) is 2.35. The summed E-state index contributed by atoms with van der Waals surface area (Å²) in [6, 6.07) is 4.19. The second kappa shape index (κ2) is 5.67. The summed E-state index contributed by atoms with van der Waals surface area (Å²) < 4.78 is 5.42. The molecule has 0 aromatic carbocycles. The van der Waals surface area contributed by atoms with Crippen LogP contribution in [0, 0.1) is 0 Å².